The summed E-state index contributed by atoms with van der Waals surface area (Å²) in [4.78, 5) is 12.0. The molecule has 1 aromatic rings. The molecule has 0 heterocycles. The summed E-state index contributed by atoms with van der Waals surface area (Å²) < 4.78 is 0. The number of amides is 1. The number of anilines is 1. The van der Waals surface area contributed by atoms with Crippen molar-refractivity contribution in [3.8, 4) is 6.07 Å². The van der Waals surface area contributed by atoms with Gasteiger partial charge in [0.25, 0.3) is 5.91 Å². The van der Waals surface area contributed by atoms with Gasteiger partial charge < -0.3 is 10.6 Å². The van der Waals surface area contributed by atoms with Gasteiger partial charge in [0.1, 0.15) is 0 Å². The first-order valence-electron chi connectivity index (χ1n) is 6.77. The summed E-state index contributed by atoms with van der Waals surface area (Å²) in [5, 5.41) is 14.6. The van der Waals surface area contributed by atoms with Crippen molar-refractivity contribution < 1.29 is 4.79 Å². The van der Waals surface area contributed by atoms with Gasteiger partial charge in [-0.25, -0.2) is 0 Å². The summed E-state index contributed by atoms with van der Waals surface area (Å²) >= 11 is 0. The molecule has 0 aliphatic heterocycles. The number of unbranched alkanes of at least 4 members (excludes halogenated alkanes) is 2. The first-order chi connectivity index (χ1) is 9.29. The molecule has 0 saturated carbocycles. The lowest BCUT2D eigenvalue weighted by molar-refractivity contribution is 0.0954. The number of carbonyl (C=O) groups is 1. The third kappa shape index (κ3) is 5.43. The summed E-state index contributed by atoms with van der Waals surface area (Å²) in [6.07, 6.45) is 3.23. The molecule has 0 aliphatic carbocycles. The van der Waals surface area contributed by atoms with Crippen LogP contribution in [-0.2, 0) is 0 Å². The van der Waals surface area contributed by atoms with Crippen LogP contribution in [-0.4, -0.2) is 19.0 Å². The van der Waals surface area contributed by atoms with Gasteiger partial charge in [0, 0.05) is 25.2 Å². The zero-order valence-electron chi connectivity index (χ0n) is 11.4. The maximum Gasteiger partial charge on any atom is 0.253 e. The fourth-order valence-electron chi connectivity index (χ4n) is 1.72. The van der Waals surface area contributed by atoms with E-state index in [1.54, 1.807) is 0 Å². The van der Waals surface area contributed by atoms with E-state index >= 15 is 0 Å². The average molecular weight is 259 g/mol. The highest BCUT2D eigenvalue weighted by atomic mass is 16.1. The molecule has 0 atom stereocenters. The maximum atomic E-state index is 12.0. The van der Waals surface area contributed by atoms with E-state index in [1.165, 1.54) is 0 Å². The number of hydrogen-bond acceptors (Lipinski definition) is 3. The Balaban J connectivity index is 2.49. The molecule has 0 saturated heterocycles. The molecule has 0 fully saturated rings. The number of benzene rings is 1. The van der Waals surface area contributed by atoms with Gasteiger partial charge in [-0.3, -0.25) is 4.79 Å². The predicted molar refractivity (Wildman–Crippen MR) is 77.0 cm³/mol. The minimum Gasteiger partial charge on any atom is -0.384 e. The van der Waals surface area contributed by atoms with E-state index in [4.69, 9.17) is 5.26 Å². The van der Waals surface area contributed by atoms with Crippen molar-refractivity contribution in [1.29, 1.82) is 5.26 Å². The van der Waals surface area contributed by atoms with E-state index in [0.29, 0.717) is 18.5 Å². The van der Waals surface area contributed by atoms with Gasteiger partial charge >= 0.3 is 0 Å². The molecule has 0 unspecified atom stereocenters. The highest BCUT2D eigenvalue weighted by Crippen LogP contribution is 2.14. The van der Waals surface area contributed by atoms with E-state index in [-0.39, 0.29) is 5.91 Å². The first kappa shape index (κ1) is 15.0. The lowest BCUT2D eigenvalue weighted by Crippen LogP contribution is -2.25. The molecule has 1 rings (SSSR count). The molecule has 0 aliphatic rings. The van der Waals surface area contributed by atoms with Crippen LogP contribution in [0.1, 0.15) is 43.0 Å². The second kappa shape index (κ2) is 8.98. The van der Waals surface area contributed by atoms with Crippen molar-refractivity contribution in [1.82, 2.24) is 5.32 Å². The summed E-state index contributed by atoms with van der Waals surface area (Å²) in [5.41, 5.74) is 1.55. The second-order valence-electron chi connectivity index (χ2n) is 4.34. The van der Waals surface area contributed by atoms with Crippen LogP contribution in [0.3, 0.4) is 0 Å². The van der Waals surface area contributed by atoms with Gasteiger partial charge in [-0.15, -0.1) is 0 Å². The van der Waals surface area contributed by atoms with Gasteiger partial charge in [0.05, 0.1) is 11.6 Å². The zero-order valence-corrected chi connectivity index (χ0v) is 11.4. The standard InChI is InChI=1S/C15H21N3O/c1-2-11-17-14-9-5-4-8-13(14)15(19)18-12-7-3-6-10-16/h4-5,8-9,17H,2-3,6-7,11-12H2,1H3,(H,18,19). The third-order valence-electron chi connectivity index (χ3n) is 2.74. The van der Waals surface area contributed by atoms with Crippen molar-refractivity contribution >= 4 is 11.6 Å². The molecule has 102 valence electrons. The van der Waals surface area contributed by atoms with Crippen molar-refractivity contribution in [2.75, 3.05) is 18.4 Å². The molecule has 0 radical (unpaired) electrons. The van der Waals surface area contributed by atoms with Crippen LogP contribution in [0, 0.1) is 11.3 Å². The van der Waals surface area contributed by atoms with E-state index in [0.717, 1.165) is 31.5 Å². The van der Waals surface area contributed by atoms with Crippen LogP contribution in [0.15, 0.2) is 24.3 Å². The number of para-hydroxylation sites is 1. The molecule has 2 N–H and O–H groups in total. The summed E-state index contributed by atoms with van der Waals surface area (Å²) in [6.45, 7) is 3.56. The molecule has 4 nitrogen and oxygen atoms in total. The fraction of sp³-hybridized carbons (Fsp3) is 0.467. The SMILES string of the molecule is CCCNc1ccccc1C(=O)NCCCCC#N. The quantitative estimate of drug-likeness (QED) is 0.705. The van der Waals surface area contributed by atoms with Crippen molar-refractivity contribution in [3.05, 3.63) is 29.8 Å². The highest BCUT2D eigenvalue weighted by molar-refractivity contribution is 5.99. The predicted octanol–water partition coefficient (Wildman–Crippen LogP) is 2.93. The Morgan fingerprint density at radius 3 is 2.79 bits per heavy atom. The van der Waals surface area contributed by atoms with E-state index in [1.807, 2.05) is 24.3 Å². The molecule has 19 heavy (non-hydrogen) atoms. The molecular weight excluding hydrogens is 238 g/mol. The maximum absolute atomic E-state index is 12.0. The monoisotopic (exact) mass is 259 g/mol. The number of carbonyl (C=O) groups excluding carboxylic acids is 1. The van der Waals surface area contributed by atoms with E-state index in [2.05, 4.69) is 23.6 Å². The average Bonchev–Trinajstić information content (AvgIpc) is 2.45. The Labute approximate surface area is 114 Å². The Bertz CT molecular complexity index is 437. The molecule has 0 bridgehead atoms. The van der Waals surface area contributed by atoms with Gasteiger partial charge in [-0.2, -0.15) is 5.26 Å². The van der Waals surface area contributed by atoms with Crippen LogP contribution in [0.4, 0.5) is 5.69 Å². The Morgan fingerprint density at radius 1 is 1.26 bits per heavy atom. The van der Waals surface area contributed by atoms with Gasteiger partial charge in [-0.05, 0) is 31.4 Å². The smallest absolute Gasteiger partial charge is 0.253 e. The Hall–Kier alpha value is -2.02. The third-order valence-corrected chi connectivity index (χ3v) is 2.74. The van der Waals surface area contributed by atoms with E-state index in [9.17, 15) is 4.79 Å². The topological polar surface area (TPSA) is 64.9 Å². The number of nitriles is 1. The first-order valence-corrected chi connectivity index (χ1v) is 6.77. The van der Waals surface area contributed by atoms with Crippen LogP contribution in [0.2, 0.25) is 0 Å². The van der Waals surface area contributed by atoms with Gasteiger partial charge in [0.2, 0.25) is 0 Å². The number of rotatable bonds is 8. The van der Waals surface area contributed by atoms with Crippen molar-refractivity contribution in [3.63, 3.8) is 0 Å². The summed E-state index contributed by atoms with van der Waals surface area (Å²) in [6, 6.07) is 9.62. The van der Waals surface area contributed by atoms with Crippen LogP contribution in [0.5, 0.6) is 0 Å². The molecular formula is C15H21N3O. The minimum atomic E-state index is -0.0591. The lowest BCUT2D eigenvalue weighted by atomic mass is 10.1. The van der Waals surface area contributed by atoms with Gasteiger partial charge in [0.15, 0.2) is 0 Å². The number of nitrogens with one attached hydrogen (secondary N) is 2. The molecule has 0 aromatic heterocycles. The van der Waals surface area contributed by atoms with Gasteiger partial charge in [-0.1, -0.05) is 19.1 Å². The minimum absolute atomic E-state index is 0.0591. The van der Waals surface area contributed by atoms with Crippen LogP contribution < -0.4 is 10.6 Å². The van der Waals surface area contributed by atoms with Crippen LogP contribution >= 0.6 is 0 Å². The number of hydrogen-bond donors (Lipinski definition) is 2. The largest absolute Gasteiger partial charge is 0.384 e. The van der Waals surface area contributed by atoms with Crippen molar-refractivity contribution in [2.24, 2.45) is 0 Å². The Kier molecular flexibility index (Phi) is 7.11. The number of nitrogens with zero attached hydrogens (tertiary/aromatic N) is 1. The molecule has 4 heteroatoms. The normalized spacial score (nSPS) is 9.68. The van der Waals surface area contributed by atoms with Crippen molar-refractivity contribution in [2.45, 2.75) is 32.6 Å². The lowest BCUT2D eigenvalue weighted by Gasteiger charge is -2.11. The van der Waals surface area contributed by atoms with Crippen LogP contribution in [0.25, 0.3) is 0 Å². The second-order valence-corrected chi connectivity index (χ2v) is 4.34. The molecule has 1 amide bonds. The fourth-order valence-corrected chi connectivity index (χ4v) is 1.72. The highest BCUT2D eigenvalue weighted by Gasteiger charge is 2.09. The summed E-state index contributed by atoms with van der Waals surface area (Å²) in [7, 11) is 0. The zero-order chi connectivity index (χ0) is 13.9. The molecule has 0 spiro atoms. The van der Waals surface area contributed by atoms with E-state index < -0.39 is 0 Å². The molecule has 1 aromatic carbocycles. The summed E-state index contributed by atoms with van der Waals surface area (Å²) in [5.74, 6) is -0.0591. The Morgan fingerprint density at radius 2 is 2.05 bits per heavy atom.